The number of nitrogens with one attached hydrogen (secondary N) is 1. The summed E-state index contributed by atoms with van der Waals surface area (Å²) in [5.74, 6) is 0.352. The highest BCUT2D eigenvalue weighted by molar-refractivity contribution is 6.30. The van der Waals surface area contributed by atoms with Crippen LogP contribution in [0, 0.1) is 5.82 Å². The molecular formula is C21H19ClFN3O3. The van der Waals surface area contributed by atoms with Crippen LogP contribution in [0.1, 0.15) is 0 Å². The zero-order chi connectivity index (χ0) is 20.2. The van der Waals surface area contributed by atoms with E-state index in [4.69, 9.17) is 21.1 Å². The summed E-state index contributed by atoms with van der Waals surface area (Å²) in [4.78, 5) is 18.7. The van der Waals surface area contributed by atoms with Crippen LogP contribution in [-0.2, 0) is 9.53 Å². The molecule has 6 nitrogen and oxygen atoms in total. The molecule has 1 aliphatic heterocycles. The minimum atomic E-state index is -0.494. The van der Waals surface area contributed by atoms with E-state index in [1.54, 1.807) is 36.4 Å². The number of morpholine rings is 1. The summed E-state index contributed by atoms with van der Waals surface area (Å²) in [7, 11) is 0. The number of hydrogen-bond donors (Lipinski definition) is 1. The largest absolute Gasteiger partial charge is 0.484 e. The van der Waals surface area contributed by atoms with E-state index in [1.165, 1.54) is 6.07 Å². The number of halogens is 2. The van der Waals surface area contributed by atoms with Crippen molar-refractivity contribution in [2.75, 3.05) is 43.1 Å². The topological polar surface area (TPSA) is 63.7 Å². The van der Waals surface area contributed by atoms with Crippen LogP contribution in [0.5, 0.6) is 5.75 Å². The molecule has 1 N–H and O–H groups in total. The zero-order valence-electron chi connectivity index (χ0n) is 15.5. The second-order valence-corrected chi connectivity index (χ2v) is 7.03. The maximum absolute atomic E-state index is 14.6. The van der Waals surface area contributed by atoms with Crippen molar-refractivity contribution in [2.45, 2.75) is 0 Å². The Kier molecular flexibility index (Phi) is 5.78. The Morgan fingerprint density at radius 3 is 2.69 bits per heavy atom. The van der Waals surface area contributed by atoms with E-state index in [0.717, 1.165) is 13.1 Å². The van der Waals surface area contributed by atoms with Crippen LogP contribution in [0.3, 0.4) is 0 Å². The first-order valence-corrected chi connectivity index (χ1v) is 9.57. The Morgan fingerprint density at radius 1 is 1.17 bits per heavy atom. The number of rotatable bonds is 5. The maximum atomic E-state index is 14.6. The number of fused-ring (bicyclic) bond motifs is 1. The van der Waals surface area contributed by atoms with Crippen LogP contribution in [0.15, 0.2) is 48.5 Å². The van der Waals surface area contributed by atoms with Crippen LogP contribution in [0.2, 0.25) is 5.02 Å². The smallest absolute Gasteiger partial charge is 0.262 e. The molecule has 8 heteroatoms. The molecule has 29 heavy (non-hydrogen) atoms. The monoisotopic (exact) mass is 415 g/mol. The number of benzene rings is 2. The molecule has 1 saturated heterocycles. The highest BCUT2D eigenvalue weighted by Crippen LogP contribution is 2.25. The van der Waals surface area contributed by atoms with E-state index in [0.29, 0.717) is 40.9 Å². The molecule has 0 saturated carbocycles. The van der Waals surface area contributed by atoms with Crippen molar-refractivity contribution in [3.05, 3.63) is 59.4 Å². The second-order valence-electron chi connectivity index (χ2n) is 6.59. The molecule has 0 aliphatic carbocycles. The van der Waals surface area contributed by atoms with E-state index in [-0.39, 0.29) is 12.1 Å². The van der Waals surface area contributed by atoms with E-state index in [2.05, 4.69) is 15.2 Å². The van der Waals surface area contributed by atoms with Gasteiger partial charge in [0, 0.05) is 29.2 Å². The first-order chi connectivity index (χ1) is 14.1. The zero-order valence-corrected chi connectivity index (χ0v) is 16.3. The van der Waals surface area contributed by atoms with Crippen LogP contribution in [0.25, 0.3) is 10.9 Å². The van der Waals surface area contributed by atoms with Gasteiger partial charge in [0.2, 0.25) is 0 Å². The fraction of sp³-hybridized carbons (Fsp3) is 0.238. The normalized spacial score (nSPS) is 14.1. The maximum Gasteiger partial charge on any atom is 0.262 e. The van der Waals surface area contributed by atoms with Gasteiger partial charge in [-0.2, -0.15) is 0 Å². The lowest BCUT2D eigenvalue weighted by Gasteiger charge is -2.28. The van der Waals surface area contributed by atoms with Crippen molar-refractivity contribution in [1.82, 2.24) is 4.98 Å². The van der Waals surface area contributed by atoms with Gasteiger partial charge in [0.1, 0.15) is 17.1 Å². The predicted molar refractivity (Wildman–Crippen MR) is 110 cm³/mol. The van der Waals surface area contributed by atoms with Crippen LogP contribution >= 0.6 is 11.6 Å². The van der Waals surface area contributed by atoms with Crippen molar-refractivity contribution in [2.24, 2.45) is 0 Å². The summed E-state index contributed by atoms with van der Waals surface area (Å²) in [5.41, 5.74) is 0.616. The fourth-order valence-electron chi connectivity index (χ4n) is 3.10. The quantitative estimate of drug-likeness (QED) is 0.685. The van der Waals surface area contributed by atoms with Gasteiger partial charge in [0.25, 0.3) is 5.91 Å². The molecule has 1 amide bonds. The number of hydrogen-bond acceptors (Lipinski definition) is 5. The number of carbonyl (C=O) groups is 1. The van der Waals surface area contributed by atoms with Gasteiger partial charge in [-0.3, -0.25) is 4.79 Å². The van der Waals surface area contributed by atoms with Crippen LogP contribution < -0.4 is 15.0 Å². The highest BCUT2D eigenvalue weighted by atomic mass is 35.5. The number of ether oxygens (including phenoxy) is 2. The number of pyridine rings is 1. The number of carbonyl (C=O) groups excluding carboxylic acids is 1. The van der Waals surface area contributed by atoms with E-state index in [9.17, 15) is 9.18 Å². The molecule has 2 heterocycles. The average molecular weight is 416 g/mol. The van der Waals surface area contributed by atoms with Crippen LogP contribution in [0.4, 0.5) is 15.9 Å². The van der Waals surface area contributed by atoms with Gasteiger partial charge >= 0.3 is 0 Å². The molecule has 0 spiro atoms. The minimum absolute atomic E-state index is 0.199. The van der Waals surface area contributed by atoms with Gasteiger partial charge < -0.3 is 19.7 Å². The van der Waals surface area contributed by atoms with Gasteiger partial charge in [0.15, 0.2) is 12.4 Å². The van der Waals surface area contributed by atoms with E-state index >= 15 is 0 Å². The Hall–Kier alpha value is -2.90. The number of nitrogens with zero attached hydrogens (tertiary/aromatic N) is 2. The molecule has 0 bridgehead atoms. The minimum Gasteiger partial charge on any atom is -0.484 e. The first kappa shape index (κ1) is 19.4. The third-order valence-corrected chi connectivity index (χ3v) is 4.79. The fourth-order valence-corrected chi connectivity index (χ4v) is 3.22. The van der Waals surface area contributed by atoms with Gasteiger partial charge in [-0.1, -0.05) is 11.6 Å². The Morgan fingerprint density at radius 2 is 1.93 bits per heavy atom. The summed E-state index contributed by atoms with van der Waals surface area (Å²) in [6.07, 6.45) is 0. The van der Waals surface area contributed by atoms with E-state index in [1.807, 2.05) is 6.07 Å². The average Bonchev–Trinajstić information content (AvgIpc) is 2.74. The molecule has 1 aliphatic rings. The van der Waals surface area contributed by atoms with Gasteiger partial charge in [-0.25, -0.2) is 9.37 Å². The molecule has 4 rings (SSSR count). The third-order valence-electron chi connectivity index (χ3n) is 4.53. The highest BCUT2D eigenvalue weighted by Gasteiger charge is 2.15. The second kappa shape index (κ2) is 8.63. The molecule has 150 valence electrons. The molecule has 0 atom stereocenters. The summed E-state index contributed by atoms with van der Waals surface area (Å²) >= 11 is 5.81. The molecule has 1 aromatic heterocycles. The van der Waals surface area contributed by atoms with Crippen molar-refractivity contribution in [3.8, 4) is 5.75 Å². The van der Waals surface area contributed by atoms with Crippen molar-refractivity contribution in [1.29, 1.82) is 0 Å². The van der Waals surface area contributed by atoms with Crippen molar-refractivity contribution >= 4 is 39.9 Å². The number of amides is 1. The SMILES string of the molecule is O=C(COc1ccc(Cl)cc1)Nc1cc(F)c2nc(N3CCOCC3)ccc2c1. The molecule has 1 fully saturated rings. The third kappa shape index (κ3) is 4.75. The summed E-state index contributed by atoms with van der Waals surface area (Å²) in [5, 5.41) is 3.84. The molecule has 2 aromatic carbocycles. The van der Waals surface area contributed by atoms with Crippen molar-refractivity contribution in [3.63, 3.8) is 0 Å². The van der Waals surface area contributed by atoms with E-state index < -0.39 is 11.7 Å². The Bertz CT molecular complexity index is 1020. The lowest BCUT2D eigenvalue weighted by molar-refractivity contribution is -0.118. The predicted octanol–water partition coefficient (Wildman–Crippen LogP) is 3.88. The number of aromatic nitrogens is 1. The van der Waals surface area contributed by atoms with Crippen LogP contribution in [-0.4, -0.2) is 43.8 Å². The first-order valence-electron chi connectivity index (χ1n) is 9.20. The molecular weight excluding hydrogens is 397 g/mol. The van der Waals surface area contributed by atoms with Crippen molar-refractivity contribution < 1.29 is 18.7 Å². The summed E-state index contributed by atoms with van der Waals surface area (Å²) in [6, 6.07) is 13.3. The lowest BCUT2D eigenvalue weighted by atomic mass is 10.2. The molecule has 3 aromatic rings. The summed E-state index contributed by atoms with van der Waals surface area (Å²) in [6.45, 7) is 2.51. The Labute approximate surface area is 172 Å². The Balaban J connectivity index is 1.45. The lowest BCUT2D eigenvalue weighted by Crippen LogP contribution is -2.36. The summed E-state index contributed by atoms with van der Waals surface area (Å²) < 4.78 is 25.4. The molecule has 0 radical (unpaired) electrons. The van der Waals surface area contributed by atoms with Gasteiger partial charge in [-0.15, -0.1) is 0 Å². The number of anilines is 2. The molecule has 0 unspecified atom stereocenters. The van der Waals surface area contributed by atoms with Gasteiger partial charge in [-0.05, 0) is 48.5 Å². The standard InChI is InChI=1S/C21H19ClFN3O3/c22-15-2-4-17(5-3-15)29-13-20(27)24-16-11-14-1-6-19(25-21(14)18(23)12-16)26-7-9-28-10-8-26/h1-6,11-12H,7-10,13H2,(H,24,27). The van der Waals surface area contributed by atoms with Gasteiger partial charge in [0.05, 0.1) is 13.2 Å².